The van der Waals surface area contributed by atoms with Crippen molar-refractivity contribution in [1.82, 2.24) is 5.32 Å². The molecule has 0 aromatic carbocycles. The molecule has 344 valence electrons. The van der Waals surface area contributed by atoms with Gasteiger partial charge < -0.3 is 20.3 Å². The first-order chi connectivity index (χ1) is 29.5. The molecule has 0 aromatic rings. The number of carbonyl (C=O) groups excluding carboxylic acids is 2. The summed E-state index contributed by atoms with van der Waals surface area (Å²) >= 11 is 0. The Morgan fingerprint density at radius 2 is 0.983 bits per heavy atom. The fourth-order valence-electron chi connectivity index (χ4n) is 7.10. The SMILES string of the molecule is CC/C=C/C=C/C=C/C=C\CCCCCCCC(=O)OC(CCCCCC/C=C/C/C=C/C/C=C/CC)CC(=O)NC(CO)C(O)CCCCCCCCCCCCCC. The summed E-state index contributed by atoms with van der Waals surface area (Å²) in [5.74, 6) is -0.528. The van der Waals surface area contributed by atoms with Gasteiger partial charge in [0.2, 0.25) is 5.91 Å². The highest BCUT2D eigenvalue weighted by Gasteiger charge is 2.24. The number of nitrogens with one attached hydrogen (secondary N) is 1. The van der Waals surface area contributed by atoms with Gasteiger partial charge in [0.25, 0.3) is 0 Å². The molecule has 0 aliphatic heterocycles. The lowest BCUT2D eigenvalue weighted by molar-refractivity contribution is -0.151. The van der Waals surface area contributed by atoms with Crippen molar-refractivity contribution < 1.29 is 24.5 Å². The number of hydrogen-bond donors (Lipinski definition) is 3. The average Bonchev–Trinajstić information content (AvgIpc) is 3.24. The van der Waals surface area contributed by atoms with Crippen LogP contribution in [0.3, 0.4) is 0 Å². The first kappa shape index (κ1) is 57.0. The molecule has 0 heterocycles. The Hall–Kier alpha value is -2.96. The van der Waals surface area contributed by atoms with Crippen molar-refractivity contribution in [2.45, 2.75) is 238 Å². The second-order valence-corrected chi connectivity index (χ2v) is 16.5. The number of amides is 1. The van der Waals surface area contributed by atoms with E-state index in [-0.39, 0.29) is 24.9 Å². The Balaban J connectivity index is 4.69. The van der Waals surface area contributed by atoms with Gasteiger partial charge in [0, 0.05) is 6.42 Å². The Bertz CT molecular complexity index is 1160. The highest BCUT2D eigenvalue weighted by atomic mass is 16.5. The number of aliphatic hydroxyl groups is 2. The maximum absolute atomic E-state index is 13.2. The highest BCUT2D eigenvalue weighted by molar-refractivity contribution is 5.77. The summed E-state index contributed by atoms with van der Waals surface area (Å²) in [5, 5.41) is 23.7. The van der Waals surface area contributed by atoms with E-state index in [1.807, 2.05) is 18.2 Å². The summed E-state index contributed by atoms with van der Waals surface area (Å²) in [6.45, 7) is 6.21. The van der Waals surface area contributed by atoms with Crippen LogP contribution < -0.4 is 5.32 Å². The average molecular weight is 836 g/mol. The molecule has 0 bridgehead atoms. The van der Waals surface area contributed by atoms with E-state index < -0.39 is 18.2 Å². The van der Waals surface area contributed by atoms with Crippen LogP contribution in [0.25, 0.3) is 0 Å². The first-order valence-corrected chi connectivity index (χ1v) is 24.9. The van der Waals surface area contributed by atoms with Crippen molar-refractivity contribution in [3.8, 4) is 0 Å². The monoisotopic (exact) mass is 836 g/mol. The molecule has 0 saturated heterocycles. The molecule has 3 unspecified atom stereocenters. The maximum Gasteiger partial charge on any atom is 0.306 e. The smallest absolute Gasteiger partial charge is 0.306 e. The van der Waals surface area contributed by atoms with Crippen LogP contribution in [0, 0.1) is 0 Å². The molecule has 6 heteroatoms. The van der Waals surface area contributed by atoms with Crippen LogP contribution in [-0.4, -0.2) is 46.9 Å². The standard InChI is InChI=1S/C54H93NO5/c1-4-7-10-13-16-19-22-25-27-29-32-35-38-41-44-47-54(59)60-50(45-42-39-36-33-30-28-26-23-20-17-14-11-8-5-2)48-53(58)55-51(49-56)52(57)46-43-40-37-34-31-24-21-18-15-12-9-6-3/h7-8,10-11,13,16-17,19-20,22,25-28,50-52,56-57H,4-6,9,12,14-15,18,21,23-24,29-49H2,1-3H3,(H,55,58)/b10-7+,11-8+,16-13+,20-17+,22-19+,27-25-,28-26+. The van der Waals surface area contributed by atoms with E-state index in [1.165, 1.54) is 57.8 Å². The van der Waals surface area contributed by atoms with E-state index in [1.54, 1.807) is 0 Å². The van der Waals surface area contributed by atoms with Crippen molar-refractivity contribution in [2.75, 3.05) is 6.61 Å². The predicted molar refractivity (Wildman–Crippen MR) is 259 cm³/mol. The Morgan fingerprint density at radius 3 is 1.57 bits per heavy atom. The fourth-order valence-corrected chi connectivity index (χ4v) is 7.10. The van der Waals surface area contributed by atoms with Crippen molar-refractivity contribution in [2.24, 2.45) is 0 Å². The summed E-state index contributed by atoms with van der Waals surface area (Å²) in [6.07, 6.45) is 60.6. The third-order valence-corrected chi connectivity index (χ3v) is 10.8. The summed E-state index contributed by atoms with van der Waals surface area (Å²) < 4.78 is 5.91. The lowest BCUT2D eigenvalue weighted by Crippen LogP contribution is -2.46. The van der Waals surface area contributed by atoms with Gasteiger partial charge in [0.15, 0.2) is 0 Å². The van der Waals surface area contributed by atoms with Crippen LogP contribution in [0.2, 0.25) is 0 Å². The van der Waals surface area contributed by atoms with E-state index in [0.717, 1.165) is 116 Å². The second kappa shape index (κ2) is 47.1. The molecule has 0 spiro atoms. The lowest BCUT2D eigenvalue weighted by atomic mass is 10.0. The molecule has 3 atom stereocenters. The second-order valence-electron chi connectivity index (χ2n) is 16.5. The molecule has 60 heavy (non-hydrogen) atoms. The van der Waals surface area contributed by atoms with Gasteiger partial charge in [-0.1, -0.05) is 215 Å². The van der Waals surface area contributed by atoms with E-state index in [4.69, 9.17) is 4.74 Å². The summed E-state index contributed by atoms with van der Waals surface area (Å²) in [7, 11) is 0. The molecule has 0 saturated carbocycles. The van der Waals surface area contributed by atoms with Gasteiger partial charge in [0.1, 0.15) is 6.10 Å². The lowest BCUT2D eigenvalue weighted by Gasteiger charge is -2.24. The molecule has 0 aliphatic rings. The van der Waals surface area contributed by atoms with Gasteiger partial charge in [-0.05, 0) is 77.0 Å². The van der Waals surface area contributed by atoms with E-state index >= 15 is 0 Å². The first-order valence-electron chi connectivity index (χ1n) is 24.9. The Morgan fingerprint density at radius 1 is 0.517 bits per heavy atom. The zero-order chi connectivity index (χ0) is 43.8. The van der Waals surface area contributed by atoms with Crippen molar-refractivity contribution in [3.63, 3.8) is 0 Å². The highest BCUT2D eigenvalue weighted by Crippen LogP contribution is 2.17. The Kier molecular flexibility index (Phi) is 44.8. The minimum absolute atomic E-state index is 0.0486. The van der Waals surface area contributed by atoms with E-state index in [0.29, 0.717) is 19.3 Å². The van der Waals surface area contributed by atoms with Crippen LogP contribution in [0.1, 0.15) is 220 Å². The van der Waals surface area contributed by atoms with Gasteiger partial charge in [-0.3, -0.25) is 9.59 Å². The maximum atomic E-state index is 13.2. The zero-order valence-electron chi connectivity index (χ0n) is 39.1. The normalized spacial score (nSPS) is 14.0. The Labute approximate surface area is 370 Å². The van der Waals surface area contributed by atoms with Gasteiger partial charge in [-0.15, -0.1) is 0 Å². The minimum Gasteiger partial charge on any atom is -0.462 e. The zero-order valence-corrected chi connectivity index (χ0v) is 39.1. The number of esters is 1. The number of aliphatic hydroxyl groups excluding tert-OH is 2. The van der Waals surface area contributed by atoms with Crippen LogP contribution in [-0.2, 0) is 14.3 Å². The number of hydrogen-bond acceptors (Lipinski definition) is 5. The van der Waals surface area contributed by atoms with Gasteiger partial charge >= 0.3 is 5.97 Å². The van der Waals surface area contributed by atoms with Gasteiger partial charge in [-0.25, -0.2) is 0 Å². The van der Waals surface area contributed by atoms with E-state index in [9.17, 15) is 19.8 Å². The molecular formula is C54H93NO5. The molecule has 0 radical (unpaired) electrons. The van der Waals surface area contributed by atoms with E-state index in [2.05, 4.69) is 92.9 Å². The topological polar surface area (TPSA) is 95.9 Å². The molecule has 0 fully saturated rings. The van der Waals surface area contributed by atoms with Crippen LogP contribution in [0.15, 0.2) is 85.1 Å². The molecule has 0 aromatic heterocycles. The van der Waals surface area contributed by atoms with Gasteiger partial charge in [0.05, 0.1) is 25.2 Å². The summed E-state index contributed by atoms with van der Waals surface area (Å²) in [6, 6.07) is -0.718. The molecule has 6 nitrogen and oxygen atoms in total. The van der Waals surface area contributed by atoms with Crippen molar-refractivity contribution in [3.05, 3.63) is 85.1 Å². The number of rotatable bonds is 43. The van der Waals surface area contributed by atoms with Crippen LogP contribution in [0.5, 0.6) is 0 Å². The quantitative estimate of drug-likeness (QED) is 0.0246. The number of ether oxygens (including phenoxy) is 1. The van der Waals surface area contributed by atoms with Crippen LogP contribution in [0.4, 0.5) is 0 Å². The molecule has 1 amide bonds. The number of allylic oxidation sites excluding steroid dienone is 14. The predicted octanol–water partition coefficient (Wildman–Crippen LogP) is 14.8. The summed E-state index contributed by atoms with van der Waals surface area (Å²) in [4.78, 5) is 26.1. The fraction of sp³-hybridized carbons (Fsp3) is 0.704. The summed E-state index contributed by atoms with van der Waals surface area (Å²) in [5.41, 5.74) is 0. The third-order valence-electron chi connectivity index (χ3n) is 10.8. The molecule has 0 aliphatic carbocycles. The molecule has 0 rings (SSSR count). The number of carbonyl (C=O) groups is 2. The molecular weight excluding hydrogens is 743 g/mol. The van der Waals surface area contributed by atoms with Crippen molar-refractivity contribution in [1.29, 1.82) is 0 Å². The van der Waals surface area contributed by atoms with Gasteiger partial charge in [-0.2, -0.15) is 0 Å². The number of unbranched alkanes of at least 4 members (excludes halogenated alkanes) is 20. The molecule has 3 N–H and O–H groups in total. The van der Waals surface area contributed by atoms with Crippen LogP contribution >= 0.6 is 0 Å². The largest absolute Gasteiger partial charge is 0.462 e. The van der Waals surface area contributed by atoms with Crippen molar-refractivity contribution >= 4 is 11.9 Å². The third kappa shape index (κ3) is 41.8. The minimum atomic E-state index is -0.802.